The van der Waals surface area contributed by atoms with Gasteiger partial charge in [0.2, 0.25) is 5.95 Å². The second kappa shape index (κ2) is 6.20. The van der Waals surface area contributed by atoms with Gasteiger partial charge in [-0.3, -0.25) is 0 Å². The molecule has 0 atom stereocenters. The first-order valence-electron chi connectivity index (χ1n) is 6.84. The largest absolute Gasteiger partial charge is 0.416 e. The van der Waals surface area contributed by atoms with Crippen molar-refractivity contribution < 1.29 is 13.2 Å². The van der Waals surface area contributed by atoms with E-state index in [4.69, 9.17) is 0 Å². The normalized spacial score (nSPS) is 11.7. The average molecular weight is 297 g/mol. The topological polar surface area (TPSA) is 29.9 Å². The molecule has 1 heterocycles. The Hall–Kier alpha value is -1.98. The van der Waals surface area contributed by atoms with Gasteiger partial charge in [-0.1, -0.05) is 25.1 Å². The summed E-state index contributed by atoms with van der Waals surface area (Å²) in [6.45, 7) is 4.72. The summed E-state index contributed by atoms with van der Waals surface area (Å²) in [5, 5.41) is 3.13. The van der Waals surface area contributed by atoms with Crippen molar-refractivity contribution in [1.82, 2.24) is 9.55 Å². The number of hydrogen-bond donors (Lipinski definition) is 1. The maximum Gasteiger partial charge on any atom is 0.416 e. The lowest BCUT2D eigenvalue weighted by molar-refractivity contribution is -0.138. The van der Waals surface area contributed by atoms with E-state index in [1.807, 2.05) is 13.8 Å². The molecule has 0 radical (unpaired) electrons. The average Bonchev–Trinajstić information content (AvgIpc) is 2.76. The van der Waals surface area contributed by atoms with Crippen LogP contribution in [0.25, 0.3) is 0 Å². The quantitative estimate of drug-likeness (QED) is 0.901. The fourth-order valence-corrected chi connectivity index (χ4v) is 2.16. The number of alkyl halides is 3. The third-order valence-corrected chi connectivity index (χ3v) is 3.09. The Bertz CT molecular complexity index is 602. The first-order valence-corrected chi connectivity index (χ1v) is 6.84. The second-order valence-electron chi connectivity index (χ2n) is 4.92. The smallest absolute Gasteiger partial charge is 0.356 e. The van der Waals surface area contributed by atoms with Gasteiger partial charge >= 0.3 is 6.18 Å². The van der Waals surface area contributed by atoms with Crippen LogP contribution in [0.2, 0.25) is 0 Å². The summed E-state index contributed by atoms with van der Waals surface area (Å²) in [6, 6.07) is 5.63. The van der Waals surface area contributed by atoms with Gasteiger partial charge in [0.05, 0.1) is 17.8 Å². The Labute approximate surface area is 121 Å². The van der Waals surface area contributed by atoms with E-state index in [0.29, 0.717) is 5.95 Å². The molecule has 1 aromatic carbocycles. The molecule has 6 heteroatoms. The molecule has 0 spiro atoms. The van der Waals surface area contributed by atoms with Crippen LogP contribution in [0.4, 0.5) is 19.1 Å². The van der Waals surface area contributed by atoms with Crippen molar-refractivity contribution in [3.8, 4) is 0 Å². The number of nitrogens with one attached hydrogen (secondary N) is 1. The summed E-state index contributed by atoms with van der Waals surface area (Å²) in [4.78, 5) is 4.31. The number of anilines is 1. The van der Waals surface area contributed by atoms with Crippen molar-refractivity contribution >= 4 is 5.95 Å². The number of imidazole rings is 1. The number of aryl methyl sites for hydroxylation is 1. The lowest BCUT2D eigenvalue weighted by Gasteiger charge is -2.14. The molecule has 0 saturated heterocycles. The van der Waals surface area contributed by atoms with Crippen LogP contribution in [0.1, 0.15) is 30.2 Å². The van der Waals surface area contributed by atoms with Crippen LogP contribution >= 0.6 is 0 Å². The molecule has 0 amide bonds. The Morgan fingerprint density at radius 3 is 2.62 bits per heavy atom. The van der Waals surface area contributed by atoms with Gasteiger partial charge in [-0.2, -0.15) is 13.2 Å². The summed E-state index contributed by atoms with van der Waals surface area (Å²) in [7, 11) is 0. The van der Waals surface area contributed by atoms with Crippen LogP contribution in [-0.4, -0.2) is 16.1 Å². The predicted octanol–water partition coefficient (Wildman–Crippen LogP) is 4.08. The summed E-state index contributed by atoms with van der Waals surface area (Å²) in [5.41, 5.74) is 0.415. The lowest BCUT2D eigenvalue weighted by Crippen LogP contribution is -2.13. The molecule has 1 aromatic heterocycles. The molecule has 21 heavy (non-hydrogen) atoms. The van der Waals surface area contributed by atoms with Crippen molar-refractivity contribution in [2.75, 3.05) is 11.9 Å². The van der Waals surface area contributed by atoms with Gasteiger partial charge in [0, 0.05) is 12.7 Å². The first-order chi connectivity index (χ1) is 9.91. The van der Waals surface area contributed by atoms with Crippen LogP contribution < -0.4 is 5.32 Å². The highest BCUT2D eigenvalue weighted by Gasteiger charge is 2.32. The Morgan fingerprint density at radius 2 is 1.95 bits per heavy atom. The van der Waals surface area contributed by atoms with Gasteiger partial charge in [0.25, 0.3) is 0 Å². The van der Waals surface area contributed by atoms with Crippen LogP contribution in [0, 0.1) is 6.92 Å². The summed E-state index contributed by atoms with van der Waals surface area (Å²) >= 11 is 0. The molecule has 2 aromatic rings. The third kappa shape index (κ3) is 3.77. The molecule has 0 aliphatic heterocycles. The van der Waals surface area contributed by atoms with Crippen molar-refractivity contribution in [2.45, 2.75) is 33.0 Å². The zero-order valence-corrected chi connectivity index (χ0v) is 12.0. The molecule has 2 rings (SSSR count). The number of rotatable bonds is 5. The molecule has 0 fully saturated rings. The van der Waals surface area contributed by atoms with Gasteiger partial charge in [-0.15, -0.1) is 0 Å². The number of benzene rings is 1. The highest BCUT2D eigenvalue weighted by atomic mass is 19.4. The van der Waals surface area contributed by atoms with Crippen molar-refractivity contribution in [3.63, 3.8) is 0 Å². The Balaban J connectivity index is 2.30. The van der Waals surface area contributed by atoms with Crippen molar-refractivity contribution in [1.29, 1.82) is 0 Å². The molecule has 0 bridgehead atoms. The molecule has 0 saturated carbocycles. The van der Waals surface area contributed by atoms with E-state index in [1.165, 1.54) is 12.1 Å². The Morgan fingerprint density at radius 1 is 1.24 bits per heavy atom. The van der Waals surface area contributed by atoms with Crippen LogP contribution in [0.15, 0.2) is 30.5 Å². The van der Waals surface area contributed by atoms with Crippen LogP contribution in [0.5, 0.6) is 0 Å². The fourth-order valence-electron chi connectivity index (χ4n) is 2.16. The van der Waals surface area contributed by atoms with Crippen LogP contribution in [-0.2, 0) is 12.7 Å². The molecular formula is C15H18F3N3. The summed E-state index contributed by atoms with van der Waals surface area (Å²) in [6.07, 6.45) is -1.67. The summed E-state index contributed by atoms with van der Waals surface area (Å²) < 4.78 is 40.8. The van der Waals surface area contributed by atoms with Crippen molar-refractivity contribution in [2.24, 2.45) is 0 Å². The fraction of sp³-hybridized carbons (Fsp3) is 0.400. The van der Waals surface area contributed by atoms with Crippen molar-refractivity contribution in [3.05, 3.63) is 47.3 Å². The minimum atomic E-state index is -4.34. The van der Waals surface area contributed by atoms with E-state index in [1.54, 1.807) is 16.8 Å². The summed E-state index contributed by atoms with van der Waals surface area (Å²) in [5.74, 6) is 0.603. The highest BCUT2D eigenvalue weighted by molar-refractivity contribution is 5.34. The van der Waals surface area contributed by atoms with Gasteiger partial charge in [-0.25, -0.2) is 4.98 Å². The van der Waals surface area contributed by atoms with E-state index in [0.717, 1.165) is 24.7 Å². The Kier molecular flexibility index (Phi) is 4.55. The van der Waals surface area contributed by atoms with E-state index >= 15 is 0 Å². The molecule has 0 aliphatic carbocycles. The number of hydrogen-bond acceptors (Lipinski definition) is 2. The van der Waals surface area contributed by atoms with Gasteiger partial charge in [-0.05, 0) is 25.0 Å². The lowest BCUT2D eigenvalue weighted by atomic mass is 10.1. The maximum atomic E-state index is 13.0. The number of nitrogens with zero attached hydrogens (tertiary/aromatic N) is 2. The minimum absolute atomic E-state index is 0.141. The highest BCUT2D eigenvalue weighted by Crippen LogP contribution is 2.32. The molecular weight excluding hydrogens is 279 g/mol. The van der Waals surface area contributed by atoms with E-state index in [-0.39, 0.29) is 12.1 Å². The molecule has 0 aliphatic rings. The van der Waals surface area contributed by atoms with E-state index < -0.39 is 11.7 Å². The monoisotopic (exact) mass is 297 g/mol. The van der Waals surface area contributed by atoms with Gasteiger partial charge in [0.1, 0.15) is 0 Å². The second-order valence-corrected chi connectivity index (χ2v) is 4.92. The first kappa shape index (κ1) is 15.4. The van der Waals surface area contributed by atoms with Gasteiger partial charge < -0.3 is 9.88 Å². The zero-order chi connectivity index (χ0) is 15.5. The minimum Gasteiger partial charge on any atom is -0.356 e. The van der Waals surface area contributed by atoms with Gasteiger partial charge in [0.15, 0.2) is 0 Å². The van der Waals surface area contributed by atoms with E-state index in [2.05, 4.69) is 10.3 Å². The molecule has 0 unspecified atom stereocenters. The molecule has 114 valence electrons. The number of aromatic nitrogens is 2. The maximum absolute atomic E-state index is 13.0. The zero-order valence-electron chi connectivity index (χ0n) is 12.0. The molecule has 3 nitrogen and oxygen atoms in total. The molecule has 1 N–H and O–H groups in total. The standard InChI is InChI=1S/C15H18F3N3/c1-3-8-19-14-20-11(2)9-21(14)10-12-6-4-5-7-13(12)15(16,17)18/h4-7,9H,3,8,10H2,1-2H3,(H,19,20). The third-order valence-electron chi connectivity index (χ3n) is 3.09. The van der Waals surface area contributed by atoms with Crippen LogP contribution in [0.3, 0.4) is 0 Å². The van der Waals surface area contributed by atoms with E-state index in [9.17, 15) is 13.2 Å². The SMILES string of the molecule is CCCNc1nc(C)cn1Cc1ccccc1C(F)(F)F. The number of halogens is 3. The predicted molar refractivity (Wildman–Crippen MR) is 76.3 cm³/mol.